The molecule has 0 saturated carbocycles. The highest BCUT2D eigenvalue weighted by Gasteiger charge is 2.13. The zero-order valence-corrected chi connectivity index (χ0v) is 10.3. The maximum atomic E-state index is 11.6. The van der Waals surface area contributed by atoms with Crippen LogP contribution in [-0.2, 0) is 19.1 Å². The molecule has 0 aliphatic rings. The highest BCUT2D eigenvalue weighted by Crippen LogP contribution is 1.97. The van der Waals surface area contributed by atoms with Crippen molar-refractivity contribution >= 4 is 11.9 Å². The van der Waals surface area contributed by atoms with Gasteiger partial charge in [0, 0.05) is 20.2 Å². The lowest BCUT2D eigenvalue weighted by Gasteiger charge is -2.21. The predicted octanol–water partition coefficient (Wildman–Crippen LogP) is 0.825. The number of amides is 1. The Morgan fingerprint density at radius 2 is 1.88 bits per heavy atom. The number of esters is 1. The Hall–Kier alpha value is -1.10. The molecule has 1 amide bonds. The summed E-state index contributed by atoms with van der Waals surface area (Å²) in [5.74, 6) is -0.359. The molecule has 0 aromatic carbocycles. The molecule has 16 heavy (non-hydrogen) atoms. The summed E-state index contributed by atoms with van der Waals surface area (Å²) < 4.78 is 9.58. The molecule has 0 aromatic rings. The number of methoxy groups -OCH3 is 1. The molecule has 0 N–H and O–H groups in total. The Bertz CT molecular complexity index is 218. The summed E-state index contributed by atoms with van der Waals surface area (Å²) in [6.07, 6.45) is 1.10. The summed E-state index contributed by atoms with van der Waals surface area (Å²) in [5, 5.41) is 0. The van der Waals surface area contributed by atoms with E-state index >= 15 is 0 Å². The second-order valence-electron chi connectivity index (χ2n) is 3.37. The smallest absolute Gasteiger partial charge is 0.307 e. The summed E-state index contributed by atoms with van der Waals surface area (Å²) in [4.78, 5) is 24.3. The fourth-order valence-corrected chi connectivity index (χ4v) is 1.31. The topological polar surface area (TPSA) is 55.8 Å². The first-order valence-electron chi connectivity index (χ1n) is 5.58. The predicted molar refractivity (Wildman–Crippen MR) is 60.0 cm³/mol. The molecule has 0 heterocycles. The number of rotatable bonds is 8. The Morgan fingerprint density at radius 1 is 1.19 bits per heavy atom. The van der Waals surface area contributed by atoms with Crippen molar-refractivity contribution < 1.29 is 19.1 Å². The first kappa shape index (κ1) is 14.9. The van der Waals surface area contributed by atoms with Crippen LogP contribution in [0.5, 0.6) is 0 Å². The highest BCUT2D eigenvalue weighted by molar-refractivity contribution is 5.78. The van der Waals surface area contributed by atoms with Gasteiger partial charge in [-0.2, -0.15) is 0 Å². The molecule has 0 aliphatic heterocycles. The fourth-order valence-electron chi connectivity index (χ4n) is 1.31. The van der Waals surface area contributed by atoms with Crippen LogP contribution >= 0.6 is 0 Å². The molecule has 0 atom stereocenters. The number of carbonyl (C=O) groups excluding carboxylic acids is 2. The lowest BCUT2D eigenvalue weighted by Crippen LogP contribution is -2.36. The van der Waals surface area contributed by atoms with E-state index in [-0.39, 0.29) is 24.9 Å². The summed E-state index contributed by atoms with van der Waals surface area (Å²) in [6, 6.07) is 0. The van der Waals surface area contributed by atoms with Gasteiger partial charge in [0.1, 0.15) is 6.61 Å². The van der Waals surface area contributed by atoms with Crippen molar-refractivity contribution in [1.29, 1.82) is 0 Å². The second-order valence-corrected chi connectivity index (χ2v) is 3.37. The average molecular weight is 231 g/mol. The molecule has 94 valence electrons. The minimum absolute atomic E-state index is 0.0584. The largest absolute Gasteiger partial charge is 0.466 e. The Balaban J connectivity index is 4.02. The maximum absolute atomic E-state index is 11.6. The van der Waals surface area contributed by atoms with E-state index in [0.717, 1.165) is 6.42 Å². The van der Waals surface area contributed by atoms with Crippen LogP contribution in [0.4, 0.5) is 0 Å². The zero-order valence-electron chi connectivity index (χ0n) is 10.3. The second kappa shape index (κ2) is 9.15. The Morgan fingerprint density at radius 3 is 2.38 bits per heavy atom. The molecule has 0 aliphatic carbocycles. The molecule has 5 heteroatoms. The summed E-state index contributed by atoms with van der Waals surface area (Å²) in [6.45, 7) is 5.22. The summed E-state index contributed by atoms with van der Waals surface area (Å²) in [5.41, 5.74) is 0. The molecule has 0 fully saturated rings. The van der Waals surface area contributed by atoms with Crippen LogP contribution in [-0.4, -0.2) is 50.2 Å². The molecule has 0 unspecified atom stereocenters. The normalized spacial score (nSPS) is 9.94. The van der Waals surface area contributed by atoms with Crippen molar-refractivity contribution in [2.24, 2.45) is 0 Å². The van der Waals surface area contributed by atoms with Gasteiger partial charge in [0.05, 0.1) is 13.0 Å². The molecule has 0 spiro atoms. The van der Waals surface area contributed by atoms with Gasteiger partial charge in [0.2, 0.25) is 5.91 Å². The van der Waals surface area contributed by atoms with Gasteiger partial charge in [-0.05, 0) is 13.3 Å². The van der Waals surface area contributed by atoms with Gasteiger partial charge in [0.15, 0.2) is 0 Å². The van der Waals surface area contributed by atoms with E-state index in [4.69, 9.17) is 9.47 Å². The van der Waals surface area contributed by atoms with E-state index in [2.05, 4.69) is 0 Å². The lowest BCUT2D eigenvalue weighted by atomic mass is 10.3. The quantitative estimate of drug-likeness (QED) is 0.580. The third-order valence-corrected chi connectivity index (χ3v) is 2.01. The molecular formula is C11H21NO4. The molecular weight excluding hydrogens is 210 g/mol. The van der Waals surface area contributed by atoms with Crippen molar-refractivity contribution in [1.82, 2.24) is 4.90 Å². The fraction of sp³-hybridized carbons (Fsp3) is 0.818. The van der Waals surface area contributed by atoms with Crippen molar-refractivity contribution in [2.45, 2.75) is 26.7 Å². The number of ether oxygens (including phenoxy) is 2. The van der Waals surface area contributed by atoms with Crippen LogP contribution in [0, 0.1) is 0 Å². The van der Waals surface area contributed by atoms with Gasteiger partial charge >= 0.3 is 5.97 Å². The number of nitrogens with zero attached hydrogens (tertiary/aromatic N) is 1. The average Bonchev–Trinajstić information content (AvgIpc) is 2.24. The third-order valence-electron chi connectivity index (χ3n) is 2.01. The standard InChI is InChI=1S/C11H21NO4/c1-4-7-12(10(13)9-15-3)8-6-11(14)16-5-2/h4-9H2,1-3H3. The Kier molecular flexibility index (Phi) is 8.52. The monoisotopic (exact) mass is 231 g/mol. The first-order chi connectivity index (χ1) is 7.65. The third kappa shape index (κ3) is 6.40. The van der Waals surface area contributed by atoms with Gasteiger partial charge in [-0.3, -0.25) is 9.59 Å². The van der Waals surface area contributed by atoms with Crippen molar-refractivity contribution in [3.8, 4) is 0 Å². The van der Waals surface area contributed by atoms with Crippen LogP contribution in [0.15, 0.2) is 0 Å². The number of hydrogen-bond acceptors (Lipinski definition) is 4. The van der Waals surface area contributed by atoms with Gasteiger partial charge in [-0.1, -0.05) is 6.92 Å². The van der Waals surface area contributed by atoms with E-state index in [1.54, 1.807) is 11.8 Å². The molecule has 0 bridgehead atoms. The SMILES string of the molecule is CCCN(CCC(=O)OCC)C(=O)COC. The van der Waals surface area contributed by atoms with Crippen LogP contribution in [0.1, 0.15) is 26.7 Å². The highest BCUT2D eigenvalue weighted by atomic mass is 16.5. The van der Waals surface area contributed by atoms with E-state index in [0.29, 0.717) is 19.7 Å². The molecule has 0 aromatic heterocycles. The van der Waals surface area contributed by atoms with E-state index in [1.165, 1.54) is 7.11 Å². The van der Waals surface area contributed by atoms with Gasteiger partial charge in [-0.15, -0.1) is 0 Å². The zero-order chi connectivity index (χ0) is 12.4. The number of hydrogen-bond donors (Lipinski definition) is 0. The maximum Gasteiger partial charge on any atom is 0.307 e. The molecule has 0 rings (SSSR count). The van der Waals surface area contributed by atoms with Gasteiger partial charge in [0.25, 0.3) is 0 Å². The van der Waals surface area contributed by atoms with Crippen LogP contribution < -0.4 is 0 Å². The van der Waals surface area contributed by atoms with Gasteiger partial charge in [-0.25, -0.2) is 0 Å². The van der Waals surface area contributed by atoms with Crippen LogP contribution in [0.2, 0.25) is 0 Å². The van der Waals surface area contributed by atoms with Crippen molar-refractivity contribution in [3.05, 3.63) is 0 Å². The summed E-state index contributed by atoms with van der Waals surface area (Å²) >= 11 is 0. The van der Waals surface area contributed by atoms with Crippen molar-refractivity contribution in [2.75, 3.05) is 33.4 Å². The van der Waals surface area contributed by atoms with Crippen LogP contribution in [0.25, 0.3) is 0 Å². The van der Waals surface area contributed by atoms with Crippen molar-refractivity contribution in [3.63, 3.8) is 0 Å². The van der Waals surface area contributed by atoms with E-state index in [9.17, 15) is 9.59 Å². The minimum Gasteiger partial charge on any atom is -0.466 e. The molecule has 0 saturated heterocycles. The Labute approximate surface area is 96.7 Å². The van der Waals surface area contributed by atoms with Gasteiger partial charge < -0.3 is 14.4 Å². The van der Waals surface area contributed by atoms with Crippen LogP contribution in [0.3, 0.4) is 0 Å². The lowest BCUT2D eigenvalue weighted by molar-refractivity contribution is -0.144. The van der Waals surface area contributed by atoms with E-state index in [1.807, 2.05) is 6.92 Å². The minimum atomic E-state index is -0.270. The van der Waals surface area contributed by atoms with E-state index < -0.39 is 0 Å². The number of carbonyl (C=O) groups is 2. The molecule has 0 radical (unpaired) electrons. The summed E-state index contributed by atoms with van der Waals surface area (Å²) in [7, 11) is 1.48. The molecule has 5 nitrogen and oxygen atoms in total. The first-order valence-corrected chi connectivity index (χ1v) is 5.58.